The van der Waals surface area contributed by atoms with Gasteiger partial charge in [-0.25, -0.2) is 4.68 Å². The molecule has 0 aliphatic heterocycles. The van der Waals surface area contributed by atoms with Crippen molar-refractivity contribution in [1.82, 2.24) is 15.0 Å². The number of ether oxygens (including phenoxy) is 1. The summed E-state index contributed by atoms with van der Waals surface area (Å²) in [6.45, 7) is 0.330. The highest BCUT2D eigenvalue weighted by molar-refractivity contribution is 9.10. The van der Waals surface area contributed by atoms with Crippen LogP contribution < -0.4 is 15.8 Å². The zero-order valence-corrected chi connectivity index (χ0v) is 17.2. The van der Waals surface area contributed by atoms with Crippen molar-refractivity contribution in [2.45, 2.75) is 11.4 Å². The number of halogens is 1. The minimum atomic E-state index is -0.404. The van der Waals surface area contributed by atoms with Crippen LogP contribution in [0.1, 0.15) is 16.1 Å². The Hall–Kier alpha value is -2.52. The van der Waals surface area contributed by atoms with Gasteiger partial charge >= 0.3 is 0 Å². The quantitative estimate of drug-likeness (QED) is 0.559. The zero-order chi connectivity index (χ0) is 19.4. The second-order valence-corrected chi connectivity index (χ2v) is 7.42. The smallest absolute Gasteiger partial charge is 0.280 e. The number of nitrogens with zero attached hydrogens (tertiary/aromatic N) is 3. The number of amides is 1. The van der Waals surface area contributed by atoms with Crippen LogP contribution in [0.2, 0.25) is 0 Å². The molecule has 0 atom stereocenters. The molecule has 0 saturated heterocycles. The number of hydrogen-bond donors (Lipinski definition) is 2. The summed E-state index contributed by atoms with van der Waals surface area (Å²) in [5.74, 6) is 0.488. The van der Waals surface area contributed by atoms with Crippen molar-refractivity contribution in [1.29, 1.82) is 0 Å². The highest BCUT2D eigenvalue weighted by Crippen LogP contribution is 2.25. The Balaban J connectivity index is 1.80. The molecule has 0 bridgehead atoms. The third-order valence-corrected chi connectivity index (χ3v) is 5.10. The Morgan fingerprint density at radius 1 is 1.33 bits per heavy atom. The number of nitrogens with one attached hydrogen (secondary N) is 1. The predicted molar refractivity (Wildman–Crippen MR) is 110 cm³/mol. The number of methoxy groups -OCH3 is 1. The van der Waals surface area contributed by atoms with Gasteiger partial charge in [0.1, 0.15) is 5.75 Å². The first-order chi connectivity index (χ1) is 13.0. The number of rotatable bonds is 6. The average molecular weight is 448 g/mol. The third kappa shape index (κ3) is 4.42. The van der Waals surface area contributed by atoms with E-state index in [9.17, 15) is 4.79 Å². The number of aromatic nitrogens is 3. The Kier molecular flexibility index (Phi) is 6.02. The minimum Gasteiger partial charge on any atom is -0.496 e. The van der Waals surface area contributed by atoms with E-state index in [1.165, 1.54) is 4.68 Å². The van der Waals surface area contributed by atoms with E-state index >= 15 is 0 Å². The average Bonchev–Trinajstić information content (AvgIpc) is 3.02. The molecule has 9 heteroatoms. The Labute approximate surface area is 169 Å². The van der Waals surface area contributed by atoms with E-state index in [2.05, 4.69) is 31.6 Å². The molecule has 1 amide bonds. The van der Waals surface area contributed by atoms with Gasteiger partial charge in [-0.15, -0.1) is 16.9 Å². The van der Waals surface area contributed by atoms with E-state index in [1.807, 2.05) is 48.7 Å². The molecule has 0 saturated carbocycles. The van der Waals surface area contributed by atoms with Gasteiger partial charge in [-0.05, 0) is 42.7 Å². The molecular weight excluding hydrogens is 430 g/mol. The maximum absolute atomic E-state index is 12.5. The standard InChI is InChI=1S/C18H18BrN5O2S/c1-26-15-7-6-12(19)8-11(15)10-24-17(20)16(22-23-24)18(25)21-13-4-3-5-14(9-13)27-2/h3-9H,10,20H2,1-2H3,(H,21,25). The maximum Gasteiger partial charge on any atom is 0.280 e. The van der Waals surface area contributed by atoms with Crippen molar-refractivity contribution < 1.29 is 9.53 Å². The lowest BCUT2D eigenvalue weighted by atomic mass is 10.2. The number of anilines is 2. The molecule has 3 rings (SSSR count). The number of benzene rings is 2. The molecule has 27 heavy (non-hydrogen) atoms. The summed E-state index contributed by atoms with van der Waals surface area (Å²) in [6, 6.07) is 13.2. The van der Waals surface area contributed by atoms with E-state index in [-0.39, 0.29) is 11.5 Å². The first-order valence-corrected chi connectivity index (χ1v) is 10.0. The molecule has 1 aromatic heterocycles. The van der Waals surface area contributed by atoms with E-state index in [0.717, 1.165) is 14.9 Å². The van der Waals surface area contributed by atoms with Gasteiger partial charge in [0, 0.05) is 20.6 Å². The maximum atomic E-state index is 12.5. The fourth-order valence-corrected chi connectivity index (χ4v) is 3.39. The largest absolute Gasteiger partial charge is 0.496 e. The summed E-state index contributed by atoms with van der Waals surface area (Å²) in [4.78, 5) is 13.6. The molecule has 3 N–H and O–H groups in total. The van der Waals surface area contributed by atoms with Crippen LogP contribution in [0.25, 0.3) is 0 Å². The van der Waals surface area contributed by atoms with Crippen LogP contribution in [0.3, 0.4) is 0 Å². The van der Waals surface area contributed by atoms with Crippen molar-refractivity contribution in [2.24, 2.45) is 0 Å². The van der Waals surface area contributed by atoms with Crippen LogP contribution in [0.4, 0.5) is 11.5 Å². The summed E-state index contributed by atoms with van der Waals surface area (Å²) in [6.07, 6.45) is 1.97. The summed E-state index contributed by atoms with van der Waals surface area (Å²) in [5.41, 5.74) is 7.73. The van der Waals surface area contributed by atoms with Crippen molar-refractivity contribution >= 4 is 45.1 Å². The fraction of sp³-hybridized carbons (Fsp3) is 0.167. The monoisotopic (exact) mass is 447 g/mol. The summed E-state index contributed by atoms with van der Waals surface area (Å²) in [7, 11) is 1.60. The predicted octanol–water partition coefficient (Wildman–Crippen LogP) is 3.65. The second kappa shape index (κ2) is 8.45. The Morgan fingerprint density at radius 2 is 2.15 bits per heavy atom. The van der Waals surface area contributed by atoms with Crippen LogP contribution in [-0.2, 0) is 6.54 Å². The molecule has 0 fully saturated rings. The third-order valence-electron chi connectivity index (χ3n) is 3.88. The van der Waals surface area contributed by atoms with Gasteiger partial charge in [0.05, 0.1) is 13.7 Å². The van der Waals surface area contributed by atoms with Gasteiger partial charge in [-0.3, -0.25) is 4.79 Å². The van der Waals surface area contributed by atoms with Gasteiger partial charge < -0.3 is 15.8 Å². The number of carbonyl (C=O) groups excluding carboxylic acids is 1. The van der Waals surface area contributed by atoms with Gasteiger partial charge in [-0.2, -0.15) is 0 Å². The molecule has 0 unspecified atom stereocenters. The lowest BCUT2D eigenvalue weighted by molar-refractivity contribution is 0.102. The summed E-state index contributed by atoms with van der Waals surface area (Å²) in [5, 5.41) is 10.8. The number of carbonyl (C=O) groups is 1. The molecular formula is C18H18BrN5O2S. The lowest BCUT2D eigenvalue weighted by Crippen LogP contribution is -2.15. The first-order valence-electron chi connectivity index (χ1n) is 7.98. The van der Waals surface area contributed by atoms with Crippen molar-refractivity contribution in [3.63, 3.8) is 0 Å². The van der Waals surface area contributed by atoms with E-state index in [4.69, 9.17) is 10.5 Å². The van der Waals surface area contributed by atoms with Crippen LogP contribution in [0, 0.1) is 0 Å². The van der Waals surface area contributed by atoms with Gasteiger partial charge in [-0.1, -0.05) is 27.2 Å². The molecule has 1 heterocycles. The van der Waals surface area contributed by atoms with E-state index in [0.29, 0.717) is 18.0 Å². The van der Waals surface area contributed by atoms with E-state index in [1.54, 1.807) is 18.9 Å². The van der Waals surface area contributed by atoms with Crippen LogP contribution in [0.5, 0.6) is 5.75 Å². The highest BCUT2D eigenvalue weighted by Gasteiger charge is 2.19. The van der Waals surface area contributed by atoms with E-state index < -0.39 is 5.91 Å². The second-order valence-electron chi connectivity index (χ2n) is 5.62. The SMILES string of the molecule is COc1ccc(Br)cc1Cn1nnc(C(=O)Nc2cccc(SC)c2)c1N. The minimum absolute atomic E-state index is 0.0820. The number of nitrogens with two attached hydrogens (primary N) is 1. The zero-order valence-electron chi connectivity index (χ0n) is 14.8. The van der Waals surface area contributed by atoms with Gasteiger partial charge in [0.25, 0.3) is 5.91 Å². The summed E-state index contributed by atoms with van der Waals surface area (Å²) < 4.78 is 7.74. The first kappa shape index (κ1) is 19.2. The highest BCUT2D eigenvalue weighted by atomic mass is 79.9. The van der Waals surface area contributed by atoms with Crippen molar-refractivity contribution in [3.8, 4) is 5.75 Å². The molecule has 0 radical (unpaired) electrons. The molecule has 3 aromatic rings. The topological polar surface area (TPSA) is 95.1 Å². The number of nitrogen functional groups attached to an aromatic ring is 1. The molecule has 2 aromatic carbocycles. The Bertz CT molecular complexity index is 976. The van der Waals surface area contributed by atoms with Crippen LogP contribution >= 0.6 is 27.7 Å². The molecule has 0 spiro atoms. The van der Waals surface area contributed by atoms with Gasteiger partial charge in [0.15, 0.2) is 11.5 Å². The number of hydrogen-bond acceptors (Lipinski definition) is 6. The van der Waals surface area contributed by atoms with Crippen LogP contribution in [0.15, 0.2) is 51.8 Å². The Morgan fingerprint density at radius 3 is 2.89 bits per heavy atom. The summed E-state index contributed by atoms with van der Waals surface area (Å²) >= 11 is 5.03. The fourth-order valence-electron chi connectivity index (χ4n) is 2.52. The molecule has 0 aliphatic rings. The number of thioether (sulfide) groups is 1. The van der Waals surface area contributed by atoms with Crippen molar-refractivity contribution in [2.75, 3.05) is 24.4 Å². The molecule has 0 aliphatic carbocycles. The van der Waals surface area contributed by atoms with Crippen molar-refractivity contribution in [3.05, 3.63) is 58.2 Å². The lowest BCUT2D eigenvalue weighted by Gasteiger charge is -2.10. The molecule has 7 nitrogen and oxygen atoms in total. The normalized spacial score (nSPS) is 10.6. The van der Waals surface area contributed by atoms with Crippen LogP contribution in [-0.4, -0.2) is 34.3 Å². The molecule has 140 valence electrons. The van der Waals surface area contributed by atoms with Gasteiger partial charge in [0.2, 0.25) is 0 Å².